The fourth-order valence-electron chi connectivity index (χ4n) is 1.06. The molecule has 0 unspecified atom stereocenters. The first-order valence-electron chi connectivity index (χ1n) is 4.40. The highest BCUT2D eigenvalue weighted by molar-refractivity contribution is 6.18. The minimum Gasteiger partial charge on any atom is -0.506 e. The number of halogens is 1. The summed E-state index contributed by atoms with van der Waals surface area (Å²) in [5.41, 5.74) is -0.187. The first-order chi connectivity index (χ1) is 7.56. The summed E-state index contributed by atoms with van der Waals surface area (Å²) in [4.78, 5) is 10.6. The number of benzene rings is 1. The molecule has 4 nitrogen and oxygen atoms in total. The Bertz CT molecular complexity index is 448. The van der Waals surface area contributed by atoms with Gasteiger partial charge in [0.2, 0.25) is 0 Å². The molecule has 0 aliphatic rings. The Balaban J connectivity index is 3.14. The Morgan fingerprint density at radius 3 is 2.31 bits per heavy atom. The minimum atomic E-state index is -1.23. The zero-order valence-corrected chi connectivity index (χ0v) is 8.95. The molecule has 0 fully saturated rings. The van der Waals surface area contributed by atoms with Gasteiger partial charge in [-0.05, 0) is 12.1 Å². The number of carboxylic acid groups (broad SMARTS) is 1. The van der Waals surface area contributed by atoms with Gasteiger partial charge in [0.05, 0.1) is 5.56 Å². The van der Waals surface area contributed by atoms with Gasteiger partial charge >= 0.3 is 5.97 Å². The van der Waals surface area contributed by atoms with Crippen molar-refractivity contribution in [2.24, 2.45) is 0 Å². The molecule has 0 saturated heterocycles. The van der Waals surface area contributed by atoms with Gasteiger partial charge in [-0.1, -0.05) is 11.8 Å². The number of carbonyl (C=O) groups is 1. The topological polar surface area (TPSA) is 77.8 Å². The lowest BCUT2D eigenvalue weighted by molar-refractivity contribution is 0.0696. The number of alkyl halides is 1. The van der Waals surface area contributed by atoms with Crippen LogP contribution in [0.3, 0.4) is 0 Å². The number of aromatic hydroxyl groups is 2. The predicted octanol–water partition coefficient (Wildman–Crippen LogP) is 1.78. The molecule has 0 spiro atoms. The second-order valence-corrected chi connectivity index (χ2v) is 3.31. The molecular formula is C11H9ClO4. The third-order valence-corrected chi connectivity index (χ3v) is 1.97. The first-order valence-corrected chi connectivity index (χ1v) is 4.93. The Hall–Kier alpha value is -1.86. The number of aromatic carboxylic acids is 1. The van der Waals surface area contributed by atoms with Gasteiger partial charge in [-0.3, -0.25) is 0 Å². The maximum Gasteiger partial charge on any atom is 0.335 e. The molecule has 0 heterocycles. The molecule has 0 bridgehead atoms. The summed E-state index contributed by atoms with van der Waals surface area (Å²) in [5, 5.41) is 27.6. The lowest BCUT2D eigenvalue weighted by atomic mass is 10.1. The first kappa shape index (κ1) is 12.2. The molecule has 3 N–H and O–H groups in total. The normalized spacial score (nSPS) is 9.31. The lowest BCUT2D eigenvalue weighted by Gasteiger charge is -2.02. The average Bonchev–Trinajstić information content (AvgIpc) is 2.21. The van der Waals surface area contributed by atoms with Crippen molar-refractivity contribution in [3.8, 4) is 23.3 Å². The summed E-state index contributed by atoms with van der Waals surface area (Å²) < 4.78 is 0. The van der Waals surface area contributed by atoms with E-state index < -0.39 is 5.97 Å². The number of phenolic OH excluding ortho intramolecular Hbond substituents is 2. The molecular weight excluding hydrogens is 232 g/mol. The third kappa shape index (κ3) is 2.81. The van der Waals surface area contributed by atoms with Gasteiger partial charge in [0.25, 0.3) is 0 Å². The lowest BCUT2D eigenvalue weighted by Crippen LogP contribution is -1.96. The van der Waals surface area contributed by atoms with Crippen LogP contribution in [-0.2, 0) is 0 Å². The third-order valence-electron chi connectivity index (χ3n) is 1.78. The molecule has 1 aromatic rings. The summed E-state index contributed by atoms with van der Waals surface area (Å²) in [5.74, 6) is 3.55. The highest BCUT2D eigenvalue weighted by Crippen LogP contribution is 2.27. The smallest absolute Gasteiger partial charge is 0.335 e. The number of carboxylic acids is 1. The zero-order chi connectivity index (χ0) is 12.1. The van der Waals surface area contributed by atoms with E-state index in [1.165, 1.54) is 0 Å². The van der Waals surface area contributed by atoms with Gasteiger partial charge in [0, 0.05) is 12.3 Å². The Kier molecular flexibility index (Phi) is 4.03. The molecule has 1 aromatic carbocycles. The molecule has 0 atom stereocenters. The van der Waals surface area contributed by atoms with E-state index >= 15 is 0 Å². The van der Waals surface area contributed by atoms with Crippen LogP contribution in [0.15, 0.2) is 12.1 Å². The van der Waals surface area contributed by atoms with Crippen LogP contribution in [0.25, 0.3) is 0 Å². The maximum absolute atomic E-state index is 10.6. The molecule has 0 radical (unpaired) electrons. The fourth-order valence-corrected chi connectivity index (χ4v) is 1.16. The SMILES string of the molecule is O=C(O)c1cc(O)c(C#CCCCl)c(O)c1. The highest BCUT2D eigenvalue weighted by Gasteiger charge is 2.11. The van der Waals surface area contributed by atoms with E-state index in [0.717, 1.165) is 12.1 Å². The van der Waals surface area contributed by atoms with Crippen LogP contribution < -0.4 is 0 Å². The van der Waals surface area contributed by atoms with Crippen LogP contribution in [0, 0.1) is 11.8 Å². The zero-order valence-electron chi connectivity index (χ0n) is 8.20. The van der Waals surface area contributed by atoms with Crippen LogP contribution >= 0.6 is 11.6 Å². The van der Waals surface area contributed by atoms with Crippen LogP contribution in [0.4, 0.5) is 0 Å². The van der Waals surface area contributed by atoms with Crippen molar-refractivity contribution in [2.45, 2.75) is 6.42 Å². The number of phenols is 2. The second kappa shape index (κ2) is 5.29. The highest BCUT2D eigenvalue weighted by atomic mass is 35.5. The van der Waals surface area contributed by atoms with E-state index in [2.05, 4.69) is 11.8 Å². The summed E-state index contributed by atoms with van der Waals surface area (Å²) in [6, 6.07) is 2.07. The summed E-state index contributed by atoms with van der Waals surface area (Å²) in [6.07, 6.45) is 0.418. The van der Waals surface area contributed by atoms with Gasteiger partial charge in [0.1, 0.15) is 17.1 Å². The fraction of sp³-hybridized carbons (Fsp3) is 0.182. The Morgan fingerprint density at radius 2 is 1.88 bits per heavy atom. The number of hydrogen-bond acceptors (Lipinski definition) is 3. The molecule has 0 aliphatic carbocycles. The number of rotatable bonds is 2. The van der Waals surface area contributed by atoms with Crippen molar-refractivity contribution in [1.82, 2.24) is 0 Å². The molecule has 0 aromatic heterocycles. The van der Waals surface area contributed by atoms with E-state index in [1.54, 1.807) is 0 Å². The van der Waals surface area contributed by atoms with Gasteiger partial charge in [-0.25, -0.2) is 4.79 Å². The van der Waals surface area contributed by atoms with E-state index in [1.807, 2.05) is 0 Å². The van der Waals surface area contributed by atoms with Crippen molar-refractivity contribution in [1.29, 1.82) is 0 Å². The van der Waals surface area contributed by atoms with Gasteiger partial charge in [-0.15, -0.1) is 11.6 Å². The van der Waals surface area contributed by atoms with Crippen LogP contribution in [-0.4, -0.2) is 27.2 Å². The Labute approximate surface area is 97.1 Å². The van der Waals surface area contributed by atoms with Crippen molar-refractivity contribution in [3.05, 3.63) is 23.3 Å². The van der Waals surface area contributed by atoms with Crippen molar-refractivity contribution >= 4 is 17.6 Å². The van der Waals surface area contributed by atoms with Crippen molar-refractivity contribution < 1.29 is 20.1 Å². The minimum absolute atomic E-state index is 0.00937. The average molecular weight is 241 g/mol. The largest absolute Gasteiger partial charge is 0.506 e. The summed E-state index contributed by atoms with van der Waals surface area (Å²) in [6.45, 7) is 0. The molecule has 16 heavy (non-hydrogen) atoms. The molecule has 0 saturated carbocycles. The van der Waals surface area contributed by atoms with Crippen molar-refractivity contribution in [3.63, 3.8) is 0 Å². The van der Waals surface area contributed by atoms with Crippen LogP contribution in [0.5, 0.6) is 11.5 Å². The summed E-state index contributed by atoms with van der Waals surface area (Å²) >= 11 is 5.41. The standard InChI is InChI=1S/C11H9ClO4/c12-4-2-1-3-8-9(13)5-7(11(15)16)6-10(8)14/h5-6,13-14H,2,4H2,(H,15,16). The van der Waals surface area contributed by atoms with Crippen LogP contribution in [0.2, 0.25) is 0 Å². The monoisotopic (exact) mass is 240 g/mol. The molecule has 1 rings (SSSR count). The maximum atomic E-state index is 10.6. The van der Waals surface area contributed by atoms with Gasteiger partial charge < -0.3 is 15.3 Å². The van der Waals surface area contributed by atoms with Gasteiger partial charge in [-0.2, -0.15) is 0 Å². The predicted molar refractivity (Wildman–Crippen MR) is 58.9 cm³/mol. The molecule has 5 heteroatoms. The van der Waals surface area contributed by atoms with E-state index in [0.29, 0.717) is 12.3 Å². The van der Waals surface area contributed by atoms with Crippen LogP contribution in [0.1, 0.15) is 22.3 Å². The molecule has 0 aliphatic heterocycles. The quantitative estimate of drug-likeness (QED) is 0.544. The Morgan fingerprint density at radius 1 is 1.31 bits per heavy atom. The van der Waals surface area contributed by atoms with E-state index in [-0.39, 0.29) is 22.6 Å². The van der Waals surface area contributed by atoms with Crippen molar-refractivity contribution in [2.75, 3.05) is 5.88 Å². The summed E-state index contributed by atoms with van der Waals surface area (Å²) in [7, 11) is 0. The molecule has 84 valence electrons. The van der Waals surface area contributed by atoms with E-state index in [9.17, 15) is 15.0 Å². The second-order valence-electron chi connectivity index (χ2n) is 2.94. The van der Waals surface area contributed by atoms with E-state index in [4.69, 9.17) is 16.7 Å². The number of hydrogen-bond donors (Lipinski definition) is 3. The van der Waals surface area contributed by atoms with Gasteiger partial charge in [0.15, 0.2) is 0 Å². The molecule has 0 amide bonds.